The number of H-pyrrole nitrogens is 1. The van der Waals surface area contributed by atoms with Crippen molar-refractivity contribution in [3.63, 3.8) is 0 Å². The molecule has 0 unspecified atom stereocenters. The van der Waals surface area contributed by atoms with Crippen molar-refractivity contribution in [3.05, 3.63) is 58.4 Å². The summed E-state index contributed by atoms with van der Waals surface area (Å²) in [7, 11) is 0. The topological polar surface area (TPSA) is 55.0 Å². The van der Waals surface area contributed by atoms with Gasteiger partial charge in [-0.1, -0.05) is 12.1 Å². The van der Waals surface area contributed by atoms with E-state index in [4.69, 9.17) is 4.74 Å². The Morgan fingerprint density at radius 3 is 2.73 bits per heavy atom. The highest BCUT2D eigenvalue weighted by atomic mass is 19.1. The molecule has 0 amide bonds. The average Bonchev–Trinajstić information content (AvgIpc) is 2.50. The van der Waals surface area contributed by atoms with Gasteiger partial charge in [-0.3, -0.25) is 4.79 Å². The highest BCUT2D eigenvalue weighted by Gasteiger charge is 2.19. The molecular formula is C16H12F2N2O2. The minimum atomic E-state index is -0.889. The van der Waals surface area contributed by atoms with Gasteiger partial charge in [-0.05, 0) is 31.2 Å². The van der Waals surface area contributed by atoms with E-state index in [1.54, 1.807) is 31.2 Å². The minimum Gasteiger partial charge on any atom is -0.491 e. The van der Waals surface area contributed by atoms with Crippen LogP contribution in [0.4, 0.5) is 8.78 Å². The van der Waals surface area contributed by atoms with Gasteiger partial charge in [0.2, 0.25) is 0 Å². The van der Waals surface area contributed by atoms with Gasteiger partial charge in [0.1, 0.15) is 11.6 Å². The number of para-hydroxylation sites is 1. The van der Waals surface area contributed by atoms with Crippen molar-refractivity contribution in [2.75, 3.05) is 6.61 Å². The fraction of sp³-hybridized carbons (Fsp3) is 0.125. The Morgan fingerprint density at radius 2 is 1.95 bits per heavy atom. The van der Waals surface area contributed by atoms with E-state index >= 15 is 0 Å². The van der Waals surface area contributed by atoms with Crippen molar-refractivity contribution in [1.29, 1.82) is 0 Å². The summed E-state index contributed by atoms with van der Waals surface area (Å²) in [4.78, 5) is 18.6. The number of aromatic amines is 1. The largest absolute Gasteiger partial charge is 0.491 e. The monoisotopic (exact) mass is 302 g/mol. The Balaban J connectivity index is 2.27. The number of nitrogens with one attached hydrogen (secondary N) is 1. The van der Waals surface area contributed by atoms with Crippen molar-refractivity contribution in [1.82, 2.24) is 9.97 Å². The first kappa shape index (κ1) is 14.2. The zero-order chi connectivity index (χ0) is 15.7. The number of ether oxygens (including phenoxy) is 1. The molecule has 112 valence electrons. The molecule has 2 aromatic carbocycles. The van der Waals surface area contributed by atoms with Crippen LogP contribution in [0, 0.1) is 11.6 Å². The van der Waals surface area contributed by atoms with E-state index in [9.17, 15) is 13.6 Å². The maximum atomic E-state index is 14.4. The fourth-order valence-electron chi connectivity index (χ4n) is 2.22. The first-order valence-electron chi connectivity index (χ1n) is 6.72. The highest BCUT2D eigenvalue weighted by Crippen LogP contribution is 2.30. The van der Waals surface area contributed by atoms with E-state index in [0.29, 0.717) is 10.9 Å². The average molecular weight is 302 g/mol. The lowest BCUT2D eigenvalue weighted by Crippen LogP contribution is -2.11. The normalized spacial score (nSPS) is 10.9. The lowest BCUT2D eigenvalue weighted by Gasteiger charge is -2.10. The van der Waals surface area contributed by atoms with E-state index < -0.39 is 22.8 Å². The van der Waals surface area contributed by atoms with Crippen molar-refractivity contribution in [2.45, 2.75) is 6.92 Å². The van der Waals surface area contributed by atoms with Gasteiger partial charge in [0, 0.05) is 0 Å². The lowest BCUT2D eigenvalue weighted by atomic mass is 10.1. The van der Waals surface area contributed by atoms with Crippen LogP contribution < -0.4 is 10.3 Å². The Bertz CT molecular complexity index is 906. The van der Waals surface area contributed by atoms with Crippen molar-refractivity contribution in [2.24, 2.45) is 0 Å². The molecule has 6 heteroatoms. The second kappa shape index (κ2) is 5.55. The van der Waals surface area contributed by atoms with Gasteiger partial charge in [-0.2, -0.15) is 0 Å². The standard InChI is InChI=1S/C16H12F2N2O2/c1-2-22-12-8-7-10(17)13(14(12)18)15-19-11-6-4-3-5-9(11)16(21)20-15/h3-8H,2H2,1H3,(H,19,20,21). The predicted molar refractivity (Wildman–Crippen MR) is 78.9 cm³/mol. The third kappa shape index (κ3) is 2.32. The molecule has 0 aliphatic heterocycles. The number of rotatable bonds is 3. The number of hydrogen-bond acceptors (Lipinski definition) is 3. The second-order valence-electron chi connectivity index (χ2n) is 4.60. The summed E-state index contributed by atoms with van der Waals surface area (Å²) in [6.07, 6.45) is 0. The van der Waals surface area contributed by atoms with E-state index in [1.807, 2.05) is 0 Å². The van der Waals surface area contributed by atoms with Crippen LogP contribution in [0.1, 0.15) is 6.92 Å². The SMILES string of the molecule is CCOc1ccc(F)c(-c2nc3ccccc3c(=O)[nH]2)c1F. The second-order valence-corrected chi connectivity index (χ2v) is 4.60. The molecule has 0 spiro atoms. The zero-order valence-electron chi connectivity index (χ0n) is 11.7. The summed E-state index contributed by atoms with van der Waals surface area (Å²) in [6, 6.07) is 8.87. The maximum Gasteiger partial charge on any atom is 0.259 e. The molecule has 1 N–H and O–H groups in total. The number of nitrogens with zero attached hydrogens (tertiary/aromatic N) is 1. The highest BCUT2D eigenvalue weighted by molar-refractivity contribution is 5.79. The molecule has 22 heavy (non-hydrogen) atoms. The summed E-state index contributed by atoms with van der Waals surface area (Å²) in [6.45, 7) is 1.93. The van der Waals surface area contributed by atoms with Crippen LogP contribution in [0.25, 0.3) is 22.3 Å². The van der Waals surface area contributed by atoms with Crippen molar-refractivity contribution in [3.8, 4) is 17.1 Å². The molecule has 0 atom stereocenters. The van der Waals surface area contributed by atoms with Gasteiger partial charge < -0.3 is 9.72 Å². The fourth-order valence-corrected chi connectivity index (χ4v) is 2.22. The molecule has 0 bridgehead atoms. The predicted octanol–water partition coefficient (Wildman–Crippen LogP) is 3.27. The molecule has 0 fully saturated rings. The van der Waals surface area contributed by atoms with E-state index in [-0.39, 0.29) is 18.2 Å². The molecule has 4 nitrogen and oxygen atoms in total. The van der Waals surface area contributed by atoms with Crippen LogP contribution >= 0.6 is 0 Å². The Labute approximate surface area is 124 Å². The van der Waals surface area contributed by atoms with E-state index in [2.05, 4.69) is 9.97 Å². The summed E-state index contributed by atoms with van der Waals surface area (Å²) in [5, 5.41) is 0.355. The van der Waals surface area contributed by atoms with Crippen molar-refractivity contribution < 1.29 is 13.5 Å². The van der Waals surface area contributed by atoms with Crippen LogP contribution in [0.5, 0.6) is 5.75 Å². The van der Waals surface area contributed by atoms with Crippen LogP contribution in [0.3, 0.4) is 0 Å². The molecule has 0 saturated carbocycles. The summed E-state index contributed by atoms with van der Waals surface area (Å²) in [5.74, 6) is -1.96. The number of hydrogen-bond donors (Lipinski definition) is 1. The van der Waals surface area contributed by atoms with Gasteiger partial charge in [-0.15, -0.1) is 0 Å². The molecule has 0 radical (unpaired) electrons. The number of benzene rings is 2. The molecule has 0 aliphatic carbocycles. The van der Waals surface area contributed by atoms with Gasteiger partial charge in [0.25, 0.3) is 5.56 Å². The lowest BCUT2D eigenvalue weighted by molar-refractivity contribution is 0.321. The Kier molecular flexibility index (Phi) is 3.58. The number of aromatic nitrogens is 2. The third-order valence-electron chi connectivity index (χ3n) is 3.21. The quantitative estimate of drug-likeness (QED) is 0.808. The molecule has 0 aliphatic rings. The van der Waals surface area contributed by atoms with Crippen LogP contribution in [0.2, 0.25) is 0 Å². The summed E-state index contributed by atoms with van der Waals surface area (Å²) < 4.78 is 33.6. The summed E-state index contributed by atoms with van der Waals surface area (Å²) >= 11 is 0. The van der Waals surface area contributed by atoms with Gasteiger partial charge >= 0.3 is 0 Å². The Hall–Kier alpha value is -2.76. The van der Waals surface area contributed by atoms with Gasteiger partial charge in [0.15, 0.2) is 11.6 Å². The number of fused-ring (bicyclic) bond motifs is 1. The first-order valence-corrected chi connectivity index (χ1v) is 6.72. The maximum absolute atomic E-state index is 14.4. The molecule has 1 aromatic heterocycles. The smallest absolute Gasteiger partial charge is 0.259 e. The first-order chi connectivity index (χ1) is 10.6. The van der Waals surface area contributed by atoms with Gasteiger partial charge in [0.05, 0.1) is 23.1 Å². The zero-order valence-corrected chi connectivity index (χ0v) is 11.7. The van der Waals surface area contributed by atoms with Crippen LogP contribution in [-0.4, -0.2) is 16.6 Å². The molecule has 3 aromatic rings. The Morgan fingerprint density at radius 1 is 1.18 bits per heavy atom. The van der Waals surface area contributed by atoms with Crippen LogP contribution in [-0.2, 0) is 0 Å². The molecule has 1 heterocycles. The number of halogens is 2. The summed E-state index contributed by atoms with van der Waals surface area (Å²) in [5.41, 5.74) is -0.503. The van der Waals surface area contributed by atoms with Crippen LogP contribution in [0.15, 0.2) is 41.2 Å². The molecular weight excluding hydrogens is 290 g/mol. The third-order valence-corrected chi connectivity index (χ3v) is 3.21. The minimum absolute atomic E-state index is 0.0882. The van der Waals surface area contributed by atoms with Gasteiger partial charge in [-0.25, -0.2) is 13.8 Å². The van der Waals surface area contributed by atoms with Crippen molar-refractivity contribution >= 4 is 10.9 Å². The molecule has 0 saturated heterocycles. The molecule has 3 rings (SSSR count). The van der Waals surface area contributed by atoms with E-state index in [0.717, 1.165) is 6.07 Å². The van der Waals surface area contributed by atoms with E-state index in [1.165, 1.54) is 6.07 Å².